The minimum atomic E-state index is -1.82. The number of carbonyl (C=O) groups is 2. The minimum absolute atomic E-state index is 0.211. The first-order valence-electron chi connectivity index (χ1n) is 11.9. The molecule has 0 spiro atoms. The first-order valence-corrected chi connectivity index (χ1v) is 11.9. The molecular weight excluding hydrogens is 461 g/mol. The van der Waals surface area contributed by atoms with E-state index in [0.717, 1.165) is 37.8 Å². The number of benzene rings is 3. The van der Waals surface area contributed by atoms with Crippen molar-refractivity contribution in [2.24, 2.45) is 0 Å². The summed E-state index contributed by atoms with van der Waals surface area (Å²) in [6, 6.07) is 24.2. The Morgan fingerprint density at radius 2 is 1.56 bits per heavy atom. The van der Waals surface area contributed by atoms with Crippen LogP contribution in [0.3, 0.4) is 0 Å². The molecule has 0 amide bonds. The van der Waals surface area contributed by atoms with E-state index < -0.39 is 17.5 Å². The van der Waals surface area contributed by atoms with Gasteiger partial charge in [-0.1, -0.05) is 60.7 Å². The van der Waals surface area contributed by atoms with E-state index in [2.05, 4.69) is 67.5 Å². The zero-order valence-corrected chi connectivity index (χ0v) is 20.6. The van der Waals surface area contributed by atoms with Crippen LogP contribution in [-0.4, -0.2) is 47.7 Å². The lowest BCUT2D eigenvalue weighted by Crippen LogP contribution is -2.28. The largest absolute Gasteiger partial charge is 0.473 e. The van der Waals surface area contributed by atoms with E-state index in [-0.39, 0.29) is 5.82 Å². The fourth-order valence-corrected chi connectivity index (χ4v) is 4.48. The molecule has 1 aliphatic rings. The Kier molecular flexibility index (Phi) is 9.33. The van der Waals surface area contributed by atoms with Crippen LogP contribution < -0.4 is 0 Å². The number of aliphatic carboxylic acids is 2. The zero-order valence-electron chi connectivity index (χ0n) is 20.6. The van der Waals surface area contributed by atoms with Crippen molar-refractivity contribution in [3.63, 3.8) is 0 Å². The number of halogens is 1. The van der Waals surface area contributed by atoms with Crippen molar-refractivity contribution in [1.29, 1.82) is 0 Å². The van der Waals surface area contributed by atoms with Gasteiger partial charge >= 0.3 is 11.9 Å². The number of fused-ring (bicyclic) bond motifs is 1. The first-order chi connectivity index (χ1) is 17.2. The summed E-state index contributed by atoms with van der Waals surface area (Å²) in [5.41, 5.74) is 5.74. The Morgan fingerprint density at radius 3 is 2.17 bits per heavy atom. The standard InChI is InChI=1S/C27H30FNO.C2H2O4/c1-29(2)18-6-17-27(24-12-14-25(28)15-13-24)26-16-11-22(19-23(26)20-30-27)10-9-21-7-4-3-5-8-21;3-1(4)2(5)6/h3-5,7-8,11-16,19H,6,9-10,17-18,20H2,1-2H3;(H,3,4)(H,5,6). The molecule has 1 unspecified atom stereocenters. The Labute approximate surface area is 211 Å². The van der Waals surface area contributed by atoms with Gasteiger partial charge in [0.05, 0.1) is 6.61 Å². The number of aryl methyl sites for hydroxylation is 2. The SMILES string of the molecule is CN(C)CCCC1(c2ccc(F)cc2)OCc2cc(CCc3ccccc3)ccc21.O=C(O)C(=O)O. The number of hydrogen-bond acceptors (Lipinski definition) is 4. The molecule has 0 saturated carbocycles. The van der Waals surface area contributed by atoms with E-state index in [1.54, 1.807) is 12.1 Å². The molecule has 36 heavy (non-hydrogen) atoms. The molecule has 1 heterocycles. The highest BCUT2D eigenvalue weighted by molar-refractivity contribution is 6.27. The average Bonchev–Trinajstić information content (AvgIpc) is 3.22. The highest BCUT2D eigenvalue weighted by atomic mass is 19.1. The van der Waals surface area contributed by atoms with Crippen molar-refractivity contribution in [2.45, 2.75) is 37.9 Å². The van der Waals surface area contributed by atoms with E-state index in [1.165, 1.54) is 22.3 Å². The van der Waals surface area contributed by atoms with Crippen molar-refractivity contribution in [1.82, 2.24) is 4.90 Å². The molecule has 0 fully saturated rings. The molecule has 3 aromatic rings. The first kappa shape index (κ1) is 27.0. The molecule has 2 N–H and O–H groups in total. The third-order valence-corrected chi connectivity index (χ3v) is 6.25. The maximum atomic E-state index is 13.6. The Hall–Kier alpha value is -3.55. The van der Waals surface area contributed by atoms with Crippen LogP contribution in [0.4, 0.5) is 4.39 Å². The topological polar surface area (TPSA) is 87.1 Å². The van der Waals surface area contributed by atoms with Crippen molar-refractivity contribution >= 4 is 11.9 Å². The van der Waals surface area contributed by atoms with Gasteiger partial charge in [0, 0.05) is 0 Å². The van der Waals surface area contributed by atoms with Gasteiger partial charge in [0.15, 0.2) is 0 Å². The fourth-order valence-electron chi connectivity index (χ4n) is 4.48. The summed E-state index contributed by atoms with van der Waals surface area (Å²) < 4.78 is 20.1. The summed E-state index contributed by atoms with van der Waals surface area (Å²) in [5.74, 6) is -3.86. The number of ether oxygens (including phenoxy) is 1. The van der Waals surface area contributed by atoms with Crippen molar-refractivity contribution in [3.8, 4) is 0 Å². The molecule has 6 nitrogen and oxygen atoms in total. The number of nitrogens with zero attached hydrogens (tertiary/aromatic N) is 1. The van der Waals surface area contributed by atoms with Crippen LogP contribution in [0, 0.1) is 5.82 Å². The van der Waals surface area contributed by atoms with E-state index >= 15 is 0 Å². The van der Waals surface area contributed by atoms with Gasteiger partial charge in [0.1, 0.15) is 11.4 Å². The van der Waals surface area contributed by atoms with Crippen LogP contribution in [0.1, 0.15) is 40.7 Å². The molecule has 190 valence electrons. The van der Waals surface area contributed by atoms with Gasteiger partial charge in [-0.05, 0) is 86.3 Å². The zero-order chi connectivity index (χ0) is 26.1. The summed E-state index contributed by atoms with van der Waals surface area (Å²) >= 11 is 0. The Morgan fingerprint density at radius 1 is 0.917 bits per heavy atom. The Bertz CT molecular complexity index is 1150. The second kappa shape index (κ2) is 12.4. The lowest BCUT2D eigenvalue weighted by Gasteiger charge is -2.31. The molecule has 0 bridgehead atoms. The van der Waals surface area contributed by atoms with Crippen molar-refractivity contribution in [3.05, 3.63) is 106 Å². The highest BCUT2D eigenvalue weighted by Crippen LogP contribution is 2.45. The molecule has 1 atom stereocenters. The molecular formula is C29H32FNO5. The molecule has 0 radical (unpaired) electrons. The van der Waals surface area contributed by atoms with Crippen LogP contribution in [0.25, 0.3) is 0 Å². The molecule has 1 aliphatic heterocycles. The summed E-state index contributed by atoms with van der Waals surface area (Å²) in [6.45, 7) is 1.60. The van der Waals surface area contributed by atoms with E-state index in [4.69, 9.17) is 24.5 Å². The van der Waals surface area contributed by atoms with Gasteiger partial charge in [-0.3, -0.25) is 0 Å². The molecule has 7 heteroatoms. The van der Waals surface area contributed by atoms with Crippen molar-refractivity contribution < 1.29 is 28.9 Å². The monoisotopic (exact) mass is 493 g/mol. The third-order valence-electron chi connectivity index (χ3n) is 6.25. The lowest BCUT2D eigenvalue weighted by molar-refractivity contribution is -0.159. The fraction of sp³-hybridized carbons (Fsp3) is 0.310. The molecule has 3 aromatic carbocycles. The van der Waals surface area contributed by atoms with Gasteiger partial charge in [-0.25, -0.2) is 14.0 Å². The van der Waals surface area contributed by atoms with Gasteiger partial charge in [-0.15, -0.1) is 0 Å². The number of hydrogen-bond donors (Lipinski definition) is 2. The molecule has 4 rings (SSSR count). The molecule has 0 saturated heterocycles. The maximum Gasteiger partial charge on any atom is 0.414 e. The van der Waals surface area contributed by atoms with Crippen LogP contribution in [-0.2, 0) is 39.4 Å². The quantitative estimate of drug-likeness (QED) is 0.435. The summed E-state index contributed by atoms with van der Waals surface area (Å²) in [4.78, 5) is 20.4. The van der Waals surface area contributed by atoms with Crippen LogP contribution in [0.5, 0.6) is 0 Å². The van der Waals surface area contributed by atoms with Crippen LogP contribution in [0.15, 0.2) is 72.8 Å². The van der Waals surface area contributed by atoms with E-state index in [9.17, 15) is 4.39 Å². The molecule has 0 aliphatic carbocycles. The van der Waals surface area contributed by atoms with E-state index in [1.807, 2.05) is 12.1 Å². The van der Waals surface area contributed by atoms with E-state index in [0.29, 0.717) is 6.61 Å². The smallest absolute Gasteiger partial charge is 0.414 e. The summed E-state index contributed by atoms with van der Waals surface area (Å²) in [6.07, 6.45) is 3.95. The summed E-state index contributed by atoms with van der Waals surface area (Å²) in [5, 5.41) is 14.8. The van der Waals surface area contributed by atoms with Crippen LogP contribution >= 0.6 is 0 Å². The number of carboxylic acid groups (broad SMARTS) is 2. The highest BCUT2D eigenvalue weighted by Gasteiger charge is 2.41. The average molecular weight is 494 g/mol. The number of carboxylic acids is 2. The van der Waals surface area contributed by atoms with Gasteiger partial charge < -0.3 is 19.8 Å². The lowest BCUT2D eigenvalue weighted by atomic mass is 9.81. The summed E-state index contributed by atoms with van der Waals surface area (Å²) in [7, 11) is 4.18. The molecule has 0 aromatic heterocycles. The second-order valence-electron chi connectivity index (χ2n) is 9.12. The Balaban J connectivity index is 0.000000538. The predicted octanol–water partition coefficient (Wildman–Crippen LogP) is 4.88. The maximum absolute atomic E-state index is 13.6. The minimum Gasteiger partial charge on any atom is -0.473 e. The third kappa shape index (κ3) is 6.99. The normalized spacial score (nSPS) is 16.2. The van der Waals surface area contributed by atoms with Gasteiger partial charge in [0.2, 0.25) is 0 Å². The second-order valence-corrected chi connectivity index (χ2v) is 9.12. The van der Waals surface area contributed by atoms with Crippen molar-refractivity contribution in [2.75, 3.05) is 20.6 Å². The predicted molar refractivity (Wildman–Crippen MR) is 135 cm³/mol. The number of rotatable bonds is 8. The van der Waals surface area contributed by atoms with Crippen LogP contribution in [0.2, 0.25) is 0 Å². The van der Waals surface area contributed by atoms with Gasteiger partial charge in [-0.2, -0.15) is 0 Å². The van der Waals surface area contributed by atoms with Gasteiger partial charge in [0.25, 0.3) is 0 Å².